The summed E-state index contributed by atoms with van der Waals surface area (Å²) in [6.07, 6.45) is -2.80. The number of aryl methyl sites for hydroxylation is 1. The van der Waals surface area contributed by atoms with Crippen molar-refractivity contribution in [3.05, 3.63) is 71.8 Å². The van der Waals surface area contributed by atoms with E-state index in [4.69, 9.17) is 20.3 Å². The van der Waals surface area contributed by atoms with Crippen molar-refractivity contribution in [2.45, 2.75) is 13.3 Å². The van der Waals surface area contributed by atoms with Crippen LogP contribution in [-0.4, -0.2) is 58.5 Å². The molecule has 0 aliphatic heterocycles. The average Bonchev–Trinajstić information content (AvgIpc) is 2.91. The summed E-state index contributed by atoms with van der Waals surface area (Å²) in [6.45, 7) is 2.09. The van der Waals surface area contributed by atoms with Crippen LogP contribution in [0.25, 0.3) is 22.4 Å². The molecule has 3 aromatic heterocycles. The smallest absolute Gasteiger partial charge is 0.280 e. The van der Waals surface area contributed by atoms with Crippen LogP contribution in [0.1, 0.15) is 17.8 Å². The van der Waals surface area contributed by atoms with Gasteiger partial charge in [0, 0.05) is 24.4 Å². The lowest BCUT2D eigenvalue weighted by atomic mass is 9.99. The van der Waals surface area contributed by atoms with Crippen molar-refractivity contribution in [3.8, 4) is 34.1 Å². The Bertz CT molecular complexity index is 1420. The Hall–Kier alpha value is -4.45. The van der Waals surface area contributed by atoms with Crippen molar-refractivity contribution < 1.29 is 27.8 Å². The second kappa shape index (κ2) is 12.4. The molecule has 0 atom stereocenters. The molecule has 0 unspecified atom stereocenters. The van der Waals surface area contributed by atoms with Crippen molar-refractivity contribution in [2.75, 3.05) is 44.0 Å². The molecule has 0 amide bonds. The first-order valence-electron chi connectivity index (χ1n) is 12.0. The number of likely N-dealkylation sites (N-methyl/N-ethyl adjacent to an activating group) is 1. The molecule has 0 fully saturated rings. The maximum Gasteiger partial charge on any atom is 0.280 e. The van der Waals surface area contributed by atoms with Gasteiger partial charge in [0.2, 0.25) is 17.7 Å². The van der Waals surface area contributed by atoms with E-state index < -0.39 is 17.9 Å². The molecular weight excluding hydrogens is 513 g/mol. The first-order valence-corrected chi connectivity index (χ1v) is 12.0. The lowest BCUT2D eigenvalue weighted by molar-refractivity contribution is 0.146. The van der Waals surface area contributed by atoms with Gasteiger partial charge in [0.1, 0.15) is 30.5 Å². The zero-order chi connectivity index (χ0) is 27.9. The summed E-state index contributed by atoms with van der Waals surface area (Å²) in [5, 5.41) is 8.96. The van der Waals surface area contributed by atoms with E-state index >= 15 is 0 Å². The summed E-state index contributed by atoms with van der Waals surface area (Å²) in [5.41, 5.74) is 7.43. The molecule has 0 spiro atoms. The first kappa shape index (κ1) is 27.6. The van der Waals surface area contributed by atoms with Gasteiger partial charge < -0.3 is 25.2 Å². The van der Waals surface area contributed by atoms with E-state index in [1.54, 1.807) is 31.2 Å². The van der Waals surface area contributed by atoms with Crippen LogP contribution >= 0.6 is 0 Å². The van der Waals surface area contributed by atoms with E-state index in [9.17, 15) is 13.2 Å². The third-order valence-corrected chi connectivity index (χ3v) is 5.60. The minimum absolute atomic E-state index is 0.0778. The molecule has 1 aromatic carbocycles. The highest BCUT2D eigenvalue weighted by atomic mass is 19.3. The number of nitrogen functional groups attached to an aromatic ring is 1. The van der Waals surface area contributed by atoms with E-state index in [1.165, 1.54) is 30.3 Å². The molecule has 4 aromatic rings. The second-order valence-corrected chi connectivity index (χ2v) is 8.52. The number of anilines is 2. The van der Waals surface area contributed by atoms with Crippen LogP contribution in [-0.2, 0) is 0 Å². The summed E-state index contributed by atoms with van der Waals surface area (Å²) in [4.78, 5) is 18.7. The number of aromatic nitrogens is 4. The van der Waals surface area contributed by atoms with Gasteiger partial charge in [-0.2, -0.15) is 9.97 Å². The number of rotatable bonds is 11. The molecule has 3 heterocycles. The molecule has 12 heteroatoms. The zero-order valence-electron chi connectivity index (χ0n) is 21.3. The number of aliphatic hydroxyl groups is 1. The van der Waals surface area contributed by atoms with Gasteiger partial charge in [-0.1, -0.05) is 6.07 Å². The van der Waals surface area contributed by atoms with Gasteiger partial charge in [-0.25, -0.2) is 18.2 Å². The van der Waals surface area contributed by atoms with Gasteiger partial charge in [0.15, 0.2) is 0 Å². The van der Waals surface area contributed by atoms with E-state index in [2.05, 4.69) is 19.9 Å². The molecule has 39 heavy (non-hydrogen) atoms. The van der Waals surface area contributed by atoms with Gasteiger partial charge in [0.05, 0.1) is 24.4 Å². The molecule has 0 radical (unpaired) electrons. The summed E-state index contributed by atoms with van der Waals surface area (Å²) in [5.74, 6) is 0.508. The van der Waals surface area contributed by atoms with E-state index in [0.29, 0.717) is 46.3 Å². The minimum atomic E-state index is -2.80. The largest absolute Gasteiger partial charge is 0.475 e. The van der Waals surface area contributed by atoms with Crippen LogP contribution in [0.4, 0.5) is 24.9 Å². The van der Waals surface area contributed by atoms with Crippen LogP contribution in [0.5, 0.6) is 11.8 Å². The van der Waals surface area contributed by atoms with Crippen LogP contribution in [0.2, 0.25) is 0 Å². The number of aliphatic hydroxyl groups excluding tert-OH is 1. The number of ether oxygens (including phenoxy) is 2. The van der Waals surface area contributed by atoms with E-state index in [0.717, 1.165) is 0 Å². The Morgan fingerprint density at radius 1 is 0.949 bits per heavy atom. The maximum absolute atomic E-state index is 13.6. The number of alkyl halides is 2. The summed E-state index contributed by atoms with van der Waals surface area (Å²) >= 11 is 0. The average molecular weight is 541 g/mol. The van der Waals surface area contributed by atoms with Crippen LogP contribution in [0, 0.1) is 12.7 Å². The predicted molar refractivity (Wildman–Crippen MR) is 140 cm³/mol. The number of hydrogen-bond donors (Lipinski definition) is 2. The fraction of sp³-hybridized carbons (Fsp3) is 0.259. The van der Waals surface area contributed by atoms with Crippen molar-refractivity contribution >= 4 is 11.8 Å². The Morgan fingerprint density at radius 2 is 1.72 bits per heavy atom. The molecule has 0 bridgehead atoms. The minimum Gasteiger partial charge on any atom is -0.475 e. The third-order valence-electron chi connectivity index (χ3n) is 5.60. The summed E-state index contributed by atoms with van der Waals surface area (Å²) in [7, 11) is 1.81. The first-order chi connectivity index (χ1) is 18.7. The Labute approximate surface area is 223 Å². The molecule has 0 saturated heterocycles. The highest BCUT2D eigenvalue weighted by Gasteiger charge is 2.21. The lowest BCUT2D eigenvalue weighted by Gasteiger charge is -2.20. The molecular formula is C27H27F3N6O3. The quantitative estimate of drug-likeness (QED) is 0.284. The van der Waals surface area contributed by atoms with Gasteiger partial charge in [-0.05, 0) is 55.0 Å². The topological polar surface area (TPSA) is 120 Å². The van der Waals surface area contributed by atoms with Gasteiger partial charge in [-0.3, -0.25) is 4.98 Å². The SMILES string of the molecule is Cc1cc(-c2c(OCCN(C)c3cccc(OCCO)n3)nc(N)nc2-c2ccc(F)cc2)cc(C(F)F)n1. The molecule has 0 saturated carbocycles. The van der Waals surface area contributed by atoms with Crippen LogP contribution < -0.4 is 20.1 Å². The van der Waals surface area contributed by atoms with Crippen molar-refractivity contribution in [3.63, 3.8) is 0 Å². The normalized spacial score (nSPS) is 11.1. The fourth-order valence-electron chi connectivity index (χ4n) is 3.83. The monoisotopic (exact) mass is 540 g/mol. The Kier molecular flexibility index (Phi) is 8.77. The number of pyridine rings is 2. The molecule has 3 N–H and O–H groups in total. The highest BCUT2D eigenvalue weighted by molar-refractivity contribution is 5.85. The Morgan fingerprint density at radius 3 is 2.44 bits per heavy atom. The third kappa shape index (κ3) is 6.90. The number of halogens is 3. The standard InChI is InChI=1S/C27H27F3N6O3/c1-16-14-18(15-20(32-16)25(29)30)23-24(17-6-8-19(28)9-7-17)34-27(31)35-26(23)39-12-10-36(2)21-4-3-5-22(33-21)38-13-11-37/h3-9,14-15,25,37H,10-13H2,1-2H3,(H2,31,34,35). The fourth-order valence-corrected chi connectivity index (χ4v) is 3.83. The number of hydrogen-bond acceptors (Lipinski definition) is 9. The number of nitrogens with zero attached hydrogens (tertiary/aromatic N) is 5. The van der Waals surface area contributed by atoms with Crippen molar-refractivity contribution in [1.82, 2.24) is 19.9 Å². The van der Waals surface area contributed by atoms with Crippen LogP contribution in [0.3, 0.4) is 0 Å². The van der Waals surface area contributed by atoms with Gasteiger partial charge in [-0.15, -0.1) is 0 Å². The van der Waals surface area contributed by atoms with Crippen LogP contribution in [0.15, 0.2) is 54.6 Å². The zero-order valence-corrected chi connectivity index (χ0v) is 21.3. The van der Waals surface area contributed by atoms with E-state index in [1.807, 2.05) is 11.9 Å². The van der Waals surface area contributed by atoms with E-state index in [-0.39, 0.29) is 31.6 Å². The molecule has 9 nitrogen and oxygen atoms in total. The van der Waals surface area contributed by atoms with Gasteiger partial charge in [0.25, 0.3) is 6.43 Å². The summed E-state index contributed by atoms with van der Waals surface area (Å²) < 4.78 is 52.3. The lowest BCUT2D eigenvalue weighted by Crippen LogP contribution is -2.25. The van der Waals surface area contributed by atoms with Gasteiger partial charge >= 0.3 is 0 Å². The number of nitrogens with two attached hydrogens (primary N) is 1. The maximum atomic E-state index is 13.6. The predicted octanol–water partition coefficient (Wildman–Crippen LogP) is 4.45. The van der Waals surface area contributed by atoms with Crippen molar-refractivity contribution in [2.24, 2.45) is 0 Å². The molecule has 204 valence electrons. The van der Waals surface area contributed by atoms with Crippen molar-refractivity contribution in [1.29, 1.82) is 0 Å². The second-order valence-electron chi connectivity index (χ2n) is 8.52. The molecule has 0 aliphatic rings. The molecule has 0 aliphatic carbocycles. The highest BCUT2D eigenvalue weighted by Crippen LogP contribution is 2.39. The molecule has 4 rings (SSSR count). The Balaban J connectivity index is 1.67. The summed E-state index contributed by atoms with van der Waals surface area (Å²) in [6, 6.07) is 13.7. The number of benzene rings is 1.